The predicted octanol–water partition coefficient (Wildman–Crippen LogP) is 5.49. The van der Waals surface area contributed by atoms with E-state index in [1.54, 1.807) is 41.2 Å². The number of nitrogens with zero attached hydrogens (tertiary/aromatic N) is 3. The van der Waals surface area contributed by atoms with Crippen molar-refractivity contribution in [1.82, 2.24) is 14.5 Å². The predicted molar refractivity (Wildman–Crippen MR) is 146 cm³/mol. The van der Waals surface area contributed by atoms with Crippen LogP contribution in [0.4, 0.5) is 0 Å². The SMILES string of the molecule is COc1ccc(C(=O)CSc2nc3sc4c(c3c(=O)n2-c2ccc(C)cc2)CCN(C)C4)cc1Br. The number of aryl methyl sites for hydroxylation is 1. The molecule has 3 heterocycles. The van der Waals surface area contributed by atoms with Crippen LogP contribution in [0.3, 0.4) is 0 Å². The maximum atomic E-state index is 13.9. The smallest absolute Gasteiger partial charge is 0.267 e. The van der Waals surface area contributed by atoms with E-state index in [4.69, 9.17) is 9.72 Å². The first-order valence-corrected chi connectivity index (χ1v) is 13.8. The maximum Gasteiger partial charge on any atom is 0.267 e. The summed E-state index contributed by atoms with van der Waals surface area (Å²) in [7, 11) is 3.68. The zero-order chi connectivity index (χ0) is 24.7. The highest BCUT2D eigenvalue weighted by molar-refractivity contribution is 9.10. The second-order valence-corrected chi connectivity index (χ2v) is 11.5. The van der Waals surface area contributed by atoms with Crippen LogP contribution in [0.5, 0.6) is 5.75 Å². The van der Waals surface area contributed by atoms with Crippen molar-refractivity contribution < 1.29 is 9.53 Å². The molecule has 0 N–H and O–H groups in total. The molecular weight excluding hydrogens is 546 g/mol. The Kier molecular flexibility index (Phi) is 6.85. The number of thioether (sulfide) groups is 1. The minimum atomic E-state index is -0.0666. The van der Waals surface area contributed by atoms with Crippen molar-refractivity contribution in [3.8, 4) is 11.4 Å². The first-order valence-electron chi connectivity index (χ1n) is 11.2. The van der Waals surface area contributed by atoms with E-state index in [0.29, 0.717) is 21.9 Å². The van der Waals surface area contributed by atoms with E-state index in [9.17, 15) is 9.59 Å². The van der Waals surface area contributed by atoms with Crippen LogP contribution in [-0.4, -0.2) is 46.7 Å². The second-order valence-electron chi connectivity index (χ2n) is 8.60. The molecule has 0 saturated heterocycles. The van der Waals surface area contributed by atoms with Crippen molar-refractivity contribution in [3.63, 3.8) is 0 Å². The van der Waals surface area contributed by atoms with Gasteiger partial charge in [-0.3, -0.25) is 14.2 Å². The van der Waals surface area contributed by atoms with Crippen LogP contribution in [0.2, 0.25) is 0 Å². The van der Waals surface area contributed by atoms with Crippen LogP contribution in [0.25, 0.3) is 15.9 Å². The third-order valence-corrected chi connectivity index (χ3v) is 8.80. The van der Waals surface area contributed by atoms with Gasteiger partial charge in [0.2, 0.25) is 0 Å². The van der Waals surface area contributed by atoms with Gasteiger partial charge < -0.3 is 9.64 Å². The number of carbonyl (C=O) groups excluding carboxylic acids is 1. The Balaban J connectivity index is 1.56. The molecule has 2 aromatic carbocycles. The van der Waals surface area contributed by atoms with Crippen molar-refractivity contribution >= 4 is 55.0 Å². The van der Waals surface area contributed by atoms with Gasteiger partial charge in [0.05, 0.1) is 28.4 Å². The summed E-state index contributed by atoms with van der Waals surface area (Å²) in [5.41, 5.74) is 3.50. The van der Waals surface area contributed by atoms with Gasteiger partial charge in [-0.2, -0.15) is 0 Å². The van der Waals surface area contributed by atoms with Crippen molar-refractivity contribution in [2.75, 3.05) is 26.5 Å². The highest BCUT2D eigenvalue weighted by atomic mass is 79.9. The molecule has 4 aromatic rings. The number of Topliss-reactive ketones (excluding diaryl/α,β-unsaturated/α-hetero) is 1. The Morgan fingerprint density at radius 3 is 2.71 bits per heavy atom. The van der Waals surface area contributed by atoms with Gasteiger partial charge in [0.25, 0.3) is 5.56 Å². The van der Waals surface area contributed by atoms with Crippen LogP contribution in [0.1, 0.15) is 26.4 Å². The number of rotatable bonds is 6. The molecule has 1 aliphatic rings. The molecule has 0 aliphatic carbocycles. The van der Waals surface area contributed by atoms with E-state index in [1.807, 2.05) is 31.2 Å². The Morgan fingerprint density at radius 1 is 1.23 bits per heavy atom. The summed E-state index contributed by atoms with van der Waals surface area (Å²) >= 11 is 6.33. The van der Waals surface area contributed by atoms with E-state index < -0.39 is 0 Å². The number of methoxy groups -OCH3 is 1. The zero-order valence-electron chi connectivity index (χ0n) is 19.6. The second kappa shape index (κ2) is 9.89. The fourth-order valence-corrected chi connectivity index (χ4v) is 7.01. The molecule has 35 heavy (non-hydrogen) atoms. The molecule has 0 bridgehead atoms. The molecule has 0 fully saturated rings. The Morgan fingerprint density at radius 2 is 2.00 bits per heavy atom. The molecule has 0 spiro atoms. The van der Waals surface area contributed by atoms with Gasteiger partial charge in [0.15, 0.2) is 10.9 Å². The highest BCUT2D eigenvalue weighted by Crippen LogP contribution is 2.34. The van der Waals surface area contributed by atoms with E-state index >= 15 is 0 Å². The molecule has 5 rings (SSSR count). The highest BCUT2D eigenvalue weighted by Gasteiger charge is 2.25. The van der Waals surface area contributed by atoms with Crippen LogP contribution in [-0.2, 0) is 13.0 Å². The summed E-state index contributed by atoms with van der Waals surface area (Å²) in [6.07, 6.45) is 0.841. The van der Waals surface area contributed by atoms with E-state index in [1.165, 1.54) is 16.6 Å². The maximum absolute atomic E-state index is 13.9. The van der Waals surface area contributed by atoms with Gasteiger partial charge in [0.1, 0.15) is 10.6 Å². The molecule has 180 valence electrons. The Bertz CT molecular complexity index is 1490. The summed E-state index contributed by atoms with van der Waals surface area (Å²) < 4.78 is 7.65. The van der Waals surface area contributed by atoms with E-state index in [-0.39, 0.29) is 17.1 Å². The number of halogens is 1. The number of carbonyl (C=O) groups is 1. The molecule has 0 unspecified atom stereocenters. The van der Waals surface area contributed by atoms with Crippen LogP contribution < -0.4 is 10.3 Å². The summed E-state index contributed by atoms with van der Waals surface area (Å²) in [6.45, 7) is 3.76. The topological polar surface area (TPSA) is 64.4 Å². The summed E-state index contributed by atoms with van der Waals surface area (Å²) in [6, 6.07) is 13.1. The lowest BCUT2D eigenvalue weighted by Gasteiger charge is -2.21. The van der Waals surface area contributed by atoms with Crippen LogP contribution in [0, 0.1) is 6.92 Å². The standard InChI is InChI=1S/C26H24BrN3O3S2/c1-15-4-7-17(8-5-15)30-25(32)23-18-10-11-29(2)13-22(18)35-24(23)28-26(30)34-14-20(31)16-6-9-21(33-3)19(27)12-16/h4-9,12H,10-11,13-14H2,1-3H3. The normalized spacial score (nSPS) is 13.7. The molecule has 6 nitrogen and oxygen atoms in total. The quantitative estimate of drug-likeness (QED) is 0.174. The number of fused-ring (bicyclic) bond motifs is 3. The van der Waals surface area contributed by atoms with Crippen LogP contribution in [0.15, 0.2) is 56.9 Å². The molecule has 0 amide bonds. The first-order chi connectivity index (χ1) is 16.9. The van der Waals surface area contributed by atoms with Crippen molar-refractivity contribution in [2.24, 2.45) is 0 Å². The lowest BCUT2D eigenvalue weighted by atomic mass is 10.1. The van der Waals surface area contributed by atoms with Crippen molar-refractivity contribution in [1.29, 1.82) is 0 Å². The number of benzene rings is 2. The number of likely N-dealkylation sites (N-methyl/N-ethyl adjacent to an activating group) is 1. The molecule has 1 aliphatic heterocycles. The van der Waals surface area contributed by atoms with Gasteiger partial charge in [-0.25, -0.2) is 4.98 Å². The van der Waals surface area contributed by atoms with Crippen molar-refractivity contribution in [2.45, 2.75) is 25.0 Å². The zero-order valence-corrected chi connectivity index (χ0v) is 22.8. The third-order valence-electron chi connectivity index (χ3n) is 6.13. The fourth-order valence-electron chi connectivity index (χ4n) is 4.22. The summed E-state index contributed by atoms with van der Waals surface area (Å²) in [5, 5.41) is 1.24. The van der Waals surface area contributed by atoms with Crippen molar-refractivity contribution in [3.05, 3.63) is 78.9 Å². The molecule has 0 saturated carbocycles. The molecular formula is C26H24BrN3O3S2. The van der Waals surface area contributed by atoms with Gasteiger partial charge in [-0.1, -0.05) is 29.5 Å². The number of ketones is 1. The summed E-state index contributed by atoms with van der Waals surface area (Å²) in [5.74, 6) is 0.785. The Labute approximate surface area is 220 Å². The number of thiophene rings is 1. The number of hydrogen-bond donors (Lipinski definition) is 0. The third kappa shape index (κ3) is 4.70. The monoisotopic (exact) mass is 569 g/mol. The van der Waals surface area contributed by atoms with E-state index in [0.717, 1.165) is 45.6 Å². The van der Waals surface area contributed by atoms with Crippen LogP contribution >= 0.6 is 39.0 Å². The molecule has 0 atom stereocenters. The first kappa shape index (κ1) is 24.2. The van der Waals surface area contributed by atoms with E-state index in [2.05, 4.69) is 27.9 Å². The molecule has 0 radical (unpaired) electrons. The molecule has 2 aromatic heterocycles. The summed E-state index contributed by atoms with van der Waals surface area (Å²) in [4.78, 5) is 36.0. The van der Waals surface area contributed by atoms with Gasteiger partial charge in [-0.05, 0) is 72.2 Å². The van der Waals surface area contributed by atoms with Gasteiger partial charge in [-0.15, -0.1) is 11.3 Å². The van der Waals surface area contributed by atoms with Gasteiger partial charge in [0, 0.05) is 23.5 Å². The lowest BCUT2D eigenvalue weighted by molar-refractivity contribution is 0.102. The minimum absolute atomic E-state index is 0.0461. The molecule has 9 heteroatoms. The average molecular weight is 571 g/mol. The average Bonchev–Trinajstić information content (AvgIpc) is 3.20. The fraction of sp³-hybridized carbons (Fsp3) is 0.269. The minimum Gasteiger partial charge on any atom is -0.496 e. The van der Waals surface area contributed by atoms with Gasteiger partial charge >= 0.3 is 0 Å². The lowest BCUT2D eigenvalue weighted by Crippen LogP contribution is -2.27. The number of ether oxygens (including phenoxy) is 1. The Hall–Kier alpha value is -2.46. The number of hydrogen-bond acceptors (Lipinski definition) is 7. The number of aromatic nitrogens is 2. The largest absolute Gasteiger partial charge is 0.496 e.